The molecule has 0 N–H and O–H groups in total. The van der Waals surface area contributed by atoms with Gasteiger partial charge in [0, 0.05) is 0 Å². The van der Waals surface area contributed by atoms with Gasteiger partial charge in [0.1, 0.15) is 12.0 Å². The normalized spacial score (nSPS) is 11.1. The number of ether oxygens (including phenoxy) is 1. The molecule has 2 nitrogen and oxygen atoms in total. The van der Waals surface area contributed by atoms with Crippen LogP contribution in [0.4, 0.5) is 0 Å². The highest BCUT2D eigenvalue weighted by Gasteiger charge is 1.98. The molecule has 0 heterocycles. The molecule has 74 valence electrons. The van der Waals surface area contributed by atoms with Crippen molar-refractivity contribution < 1.29 is 9.53 Å². The van der Waals surface area contributed by atoms with Crippen molar-refractivity contribution in [2.45, 2.75) is 13.3 Å². The van der Waals surface area contributed by atoms with Gasteiger partial charge >= 0.3 is 0 Å². The number of benzene rings is 1. The summed E-state index contributed by atoms with van der Waals surface area (Å²) in [6, 6.07) is 7.70. The fourth-order valence-corrected chi connectivity index (χ4v) is 1.31. The molecular weight excluding hydrogens is 176 g/mol. The standard InChI is InChI=1S/C12H14O2/c1-3-10(8-9-13)11-4-6-12(14-2)7-5-11/h4-9H,3H2,1-2H3/b10-8-. The van der Waals surface area contributed by atoms with E-state index in [1.54, 1.807) is 13.2 Å². The molecule has 0 unspecified atom stereocenters. The van der Waals surface area contributed by atoms with Crippen LogP contribution in [0.5, 0.6) is 5.75 Å². The summed E-state index contributed by atoms with van der Waals surface area (Å²) in [5, 5.41) is 0. The van der Waals surface area contributed by atoms with Crippen molar-refractivity contribution in [2.75, 3.05) is 7.11 Å². The van der Waals surface area contributed by atoms with Gasteiger partial charge < -0.3 is 4.74 Å². The third-order valence-corrected chi connectivity index (χ3v) is 2.11. The first-order chi connectivity index (χ1) is 6.81. The van der Waals surface area contributed by atoms with Crippen LogP contribution in [0.25, 0.3) is 5.57 Å². The lowest BCUT2D eigenvalue weighted by Gasteiger charge is -2.04. The number of hydrogen-bond donors (Lipinski definition) is 0. The Morgan fingerprint density at radius 1 is 1.36 bits per heavy atom. The molecule has 0 saturated carbocycles. The third kappa shape index (κ3) is 2.46. The molecule has 0 aliphatic carbocycles. The van der Waals surface area contributed by atoms with Crippen LogP contribution in [-0.2, 0) is 4.79 Å². The summed E-state index contributed by atoms with van der Waals surface area (Å²) < 4.78 is 5.05. The van der Waals surface area contributed by atoms with Gasteiger partial charge in [0.2, 0.25) is 0 Å². The van der Waals surface area contributed by atoms with Gasteiger partial charge in [-0.15, -0.1) is 0 Å². The van der Waals surface area contributed by atoms with Gasteiger partial charge in [0.05, 0.1) is 7.11 Å². The molecule has 0 radical (unpaired) electrons. The highest BCUT2D eigenvalue weighted by atomic mass is 16.5. The number of hydrogen-bond acceptors (Lipinski definition) is 2. The van der Waals surface area contributed by atoms with Gasteiger partial charge in [0.15, 0.2) is 0 Å². The van der Waals surface area contributed by atoms with Crippen LogP contribution in [0.3, 0.4) is 0 Å². The molecule has 14 heavy (non-hydrogen) atoms. The summed E-state index contributed by atoms with van der Waals surface area (Å²) in [7, 11) is 1.64. The van der Waals surface area contributed by atoms with Crippen LogP contribution < -0.4 is 4.74 Å². The fourth-order valence-electron chi connectivity index (χ4n) is 1.31. The predicted molar refractivity (Wildman–Crippen MR) is 57.3 cm³/mol. The Morgan fingerprint density at radius 2 is 2.00 bits per heavy atom. The Morgan fingerprint density at radius 3 is 2.43 bits per heavy atom. The molecule has 1 aromatic carbocycles. The maximum absolute atomic E-state index is 10.4. The minimum atomic E-state index is 0.822. The van der Waals surface area contributed by atoms with E-state index in [1.165, 1.54) is 0 Å². The molecule has 0 spiro atoms. The lowest BCUT2D eigenvalue weighted by molar-refractivity contribution is -0.104. The third-order valence-electron chi connectivity index (χ3n) is 2.11. The number of allylic oxidation sites excluding steroid dienone is 2. The average Bonchev–Trinajstić information content (AvgIpc) is 2.26. The van der Waals surface area contributed by atoms with Crippen molar-refractivity contribution >= 4 is 11.9 Å². The lowest BCUT2D eigenvalue weighted by atomic mass is 10.0. The molecule has 0 fully saturated rings. The van der Waals surface area contributed by atoms with Crippen molar-refractivity contribution in [3.8, 4) is 5.75 Å². The molecule has 0 bridgehead atoms. The van der Waals surface area contributed by atoms with E-state index in [0.717, 1.165) is 29.6 Å². The fraction of sp³-hybridized carbons (Fsp3) is 0.250. The number of carbonyl (C=O) groups excluding carboxylic acids is 1. The Labute approximate surface area is 84.2 Å². The predicted octanol–water partition coefficient (Wildman–Crippen LogP) is 2.69. The molecule has 0 amide bonds. The molecule has 0 atom stereocenters. The zero-order chi connectivity index (χ0) is 10.4. The van der Waals surface area contributed by atoms with Crippen molar-refractivity contribution in [3.05, 3.63) is 35.9 Å². The van der Waals surface area contributed by atoms with Gasteiger partial charge in [-0.1, -0.05) is 19.1 Å². The first-order valence-corrected chi connectivity index (χ1v) is 4.60. The van der Waals surface area contributed by atoms with Crippen LogP contribution in [0.2, 0.25) is 0 Å². The van der Waals surface area contributed by atoms with Crippen LogP contribution >= 0.6 is 0 Å². The summed E-state index contributed by atoms with van der Waals surface area (Å²) in [6.07, 6.45) is 3.27. The molecular formula is C12H14O2. The van der Waals surface area contributed by atoms with Crippen molar-refractivity contribution in [1.82, 2.24) is 0 Å². The topological polar surface area (TPSA) is 26.3 Å². The van der Waals surface area contributed by atoms with E-state index in [4.69, 9.17) is 4.74 Å². The van der Waals surface area contributed by atoms with E-state index >= 15 is 0 Å². The maximum Gasteiger partial charge on any atom is 0.143 e. The van der Waals surface area contributed by atoms with E-state index in [0.29, 0.717) is 0 Å². The second kappa shape index (κ2) is 5.22. The molecule has 0 saturated heterocycles. The van der Waals surface area contributed by atoms with E-state index < -0.39 is 0 Å². The Bertz CT molecular complexity index is 323. The van der Waals surface area contributed by atoms with Gasteiger partial charge in [-0.2, -0.15) is 0 Å². The Balaban J connectivity index is 2.95. The first-order valence-electron chi connectivity index (χ1n) is 4.60. The molecule has 0 aliphatic heterocycles. The minimum Gasteiger partial charge on any atom is -0.497 e. The largest absolute Gasteiger partial charge is 0.497 e. The number of carbonyl (C=O) groups is 1. The highest BCUT2D eigenvalue weighted by Crippen LogP contribution is 2.20. The van der Waals surface area contributed by atoms with Gasteiger partial charge in [0.25, 0.3) is 0 Å². The molecule has 0 aromatic heterocycles. The monoisotopic (exact) mass is 190 g/mol. The Kier molecular flexibility index (Phi) is 3.92. The van der Waals surface area contributed by atoms with Crippen molar-refractivity contribution in [1.29, 1.82) is 0 Å². The second-order valence-corrected chi connectivity index (χ2v) is 2.91. The molecule has 0 aliphatic rings. The van der Waals surface area contributed by atoms with Gasteiger partial charge in [-0.3, -0.25) is 4.79 Å². The molecule has 1 aromatic rings. The second-order valence-electron chi connectivity index (χ2n) is 2.91. The van der Waals surface area contributed by atoms with Crippen LogP contribution in [0.1, 0.15) is 18.9 Å². The molecule has 2 heteroatoms. The SMILES string of the molecule is CC/C(=C/C=O)c1ccc(OC)cc1. The lowest BCUT2D eigenvalue weighted by Crippen LogP contribution is -1.86. The zero-order valence-corrected chi connectivity index (χ0v) is 8.49. The van der Waals surface area contributed by atoms with E-state index in [2.05, 4.69) is 0 Å². The first kappa shape index (κ1) is 10.5. The zero-order valence-electron chi connectivity index (χ0n) is 8.49. The number of methoxy groups -OCH3 is 1. The molecule has 1 rings (SSSR count). The maximum atomic E-state index is 10.4. The smallest absolute Gasteiger partial charge is 0.143 e. The van der Waals surface area contributed by atoms with E-state index in [-0.39, 0.29) is 0 Å². The van der Waals surface area contributed by atoms with Crippen LogP contribution in [0, 0.1) is 0 Å². The summed E-state index contributed by atoms with van der Waals surface area (Å²) >= 11 is 0. The average molecular weight is 190 g/mol. The summed E-state index contributed by atoms with van der Waals surface area (Å²) in [6.45, 7) is 2.03. The summed E-state index contributed by atoms with van der Waals surface area (Å²) in [5.41, 5.74) is 2.11. The van der Waals surface area contributed by atoms with E-state index in [1.807, 2.05) is 31.2 Å². The van der Waals surface area contributed by atoms with Crippen LogP contribution in [0.15, 0.2) is 30.3 Å². The van der Waals surface area contributed by atoms with Crippen molar-refractivity contribution in [3.63, 3.8) is 0 Å². The quantitative estimate of drug-likeness (QED) is 0.539. The van der Waals surface area contributed by atoms with E-state index in [9.17, 15) is 4.79 Å². The number of rotatable bonds is 4. The summed E-state index contributed by atoms with van der Waals surface area (Å²) in [4.78, 5) is 10.4. The summed E-state index contributed by atoms with van der Waals surface area (Å²) in [5.74, 6) is 0.829. The van der Waals surface area contributed by atoms with Crippen LogP contribution in [-0.4, -0.2) is 13.4 Å². The number of aldehydes is 1. The minimum absolute atomic E-state index is 0.822. The highest BCUT2D eigenvalue weighted by molar-refractivity contribution is 5.81. The van der Waals surface area contributed by atoms with Gasteiger partial charge in [-0.25, -0.2) is 0 Å². The van der Waals surface area contributed by atoms with Gasteiger partial charge in [-0.05, 0) is 35.8 Å². The Hall–Kier alpha value is -1.57. The van der Waals surface area contributed by atoms with Crippen molar-refractivity contribution in [2.24, 2.45) is 0 Å².